The molecule has 5 aliphatic rings. The van der Waals surface area contributed by atoms with Gasteiger partial charge in [0.1, 0.15) is 11.6 Å². The third-order valence-corrected chi connectivity index (χ3v) is 13.4. The molecule has 3 aliphatic heterocycles. The molecule has 4 fully saturated rings. The normalized spacial score (nSPS) is 24.0. The summed E-state index contributed by atoms with van der Waals surface area (Å²) in [7, 11) is 0. The summed E-state index contributed by atoms with van der Waals surface area (Å²) >= 11 is 0. The molecule has 2 N–H and O–H groups in total. The lowest BCUT2D eigenvalue weighted by molar-refractivity contribution is 0.177. The van der Waals surface area contributed by atoms with Crippen LogP contribution in [0.4, 0.5) is 14.7 Å². The van der Waals surface area contributed by atoms with Gasteiger partial charge in [-0.3, -0.25) is 0 Å². The van der Waals surface area contributed by atoms with Crippen LogP contribution in [0.5, 0.6) is 0 Å². The average Bonchev–Trinajstić information content (AvgIpc) is 3.74. The van der Waals surface area contributed by atoms with Crippen LogP contribution in [0, 0.1) is 23.0 Å². The van der Waals surface area contributed by atoms with Gasteiger partial charge in [-0.25, -0.2) is 13.8 Å². The number of halogens is 2. The SMILES string of the molecule is C=CN1CCC/C1=C(/C)C(C(=C)Nc1ncc[nH]1)N1Cc2c(F)cc(-c3ccc(C4(CCCN5CCC(CC)CC5)CC45CC5)cc3)c(F)c2C1=C. The van der Waals surface area contributed by atoms with Gasteiger partial charge in [0.15, 0.2) is 0 Å². The van der Waals surface area contributed by atoms with Crippen LogP contribution in [-0.2, 0) is 12.0 Å². The summed E-state index contributed by atoms with van der Waals surface area (Å²) in [6.45, 7) is 21.9. The molecule has 2 saturated heterocycles. The number of anilines is 1. The maximum atomic E-state index is 16.8. The molecular weight excluding hydrogens is 651 g/mol. The Kier molecular flexibility index (Phi) is 9.17. The van der Waals surface area contributed by atoms with Crippen LogP contribution in [-0.4, -0.2) is 56.9 Å². The molecule has 2 aliphatic carbocycles. The zero-order valence-corrected chi connectivity index (χ0v) is 31.0. The third-order valence-electron chi connectivity index (χ3n) is 13.4. The number of likely N-dealkylation sites (tertiary alicyclic amines) is 2. The van der Waals surface area contributed by atoms with Crippen molar-refractivity contribution in [2.75, 3.05) is 31.5 Å². The molecule has 3 aromatic rings. The van der Waals surface area contributed by atoms with E-state index in [1.807, 2.05) is 23.2 Å². The molecule has 8 heteroatoms. The van der Waals surface area contributed by atoms with Crippen molar-refractivity contribution in [3.63, 3.8) is 0 Å². The minimum atomic E-state index is -0.425. The van der Waals surface area contributed by atoms with E-state index >= 15 is 8.78 Å². The Bertz CT molecular complexity index is 1880. The van der Waals surface area contributed by atoms with Gasteiger partial charge in [0.2, 0.25) is 5.95 Å². The van der Waals surface area contributed by atoms with E-state index in [2.05, 4.69) is 70.8 Å². The number of nitrogens with one attached hydrogen (secondary N) is 2. The molecule has 52 heavy (non-hydrogen) atoms. The summed E-state index contributed by atoms with van der Waals surface area (Å²) in [5.41, 5.74) is 6.89. The summed E-state index contributed by atoms with van der Waals surface area (Å²) < 4.78 is 32.9. The van der Waals surface area contributed by atoms with Gasteiger partial charge in [0.25, 0.3) is 0 Å². The van der Waals surface area contributed by atoms with Crippen LogP contribution in [0.2, 0.25) is 0 Å². The van der Waals surface area contributed by atoms with Gasteiger partial charge < -0.3 is 25.0 Å². The van der Waals surface area contributed by atoms with E-state index in [0.29, 0.717) is 33.9 Å². The number of piperidine rings is 1. The van der Waals surface area contributed by atoms with Crippen molar-refractivity contribution in [1.29, 1.82) is 0 Å². The number of hydrogen-bond acceptors (Lipinski definition) is 5. The fraction of sp³-hybridized carbons (Fsp3) is 0.477. The highest BCUT2D eigenvalue weighted by Crippen LogP contribution is 2.80. The lowest BCUT2D eigenvalue weighted by Crippen LogP contribution is -2.36. The molecular formula is C44H54F2N6. The number of nitrogens with zero attached hydrogens (tertiary/aromatic N) is 4. The number of hydrogen-bond donors (Lipinski definition) is 2. The van der Waals surface area contributed by atoms with E-state index in [1.165, 1.54) is 82.6 Å². The molecule has 8 rings (SSSR count). The summed E-state index contributed by atoms with van der Waals surface area (Å²) in [5.74, 6) is 0.614. The lowest BCUT2D eigenvalue weighted by atomic mass is 9.86. The van der Waals surface area contributed by atoms with E-state index in [-0.39, 0.29) is 23.1 Å². The van der Waals surface area contributed by atoms with E-state index < -0.39 is 17.7 Å². The Morgan fingerprint density at radius 3 is 2.58 bits per heavy atom. The zero-order chi connectivity index (χ0) is 36.2. The van der Waals surface area contributed by atoms with Gasteiger partial charge in [0, 0.05) is 64.7 Å². The number of imidazole rings is 1. The van der Waals surface area contributed by atoms with E-state index in [1.54, 1.807) is 12.4 Å². The van der Waals surface area contributed by atoms with E-state index in [9.17, 15) is 0 Å². The fourth-order valence-corrected chi connectivity index (χ4v) is 10.1. The number of H-pyrrole nitrogens is 1. The van der Waals surface area contributed by atoms with Crippen molar-refractivity contribution in [3.8, 4) is 11.1 Å². The van der Waals surface area contributed by atoms with Crippen molar-refractivity contribution >= 4 is 11.6 Å². The number of aromatic amines is 1. The summed E-state index contributed by atoms with van der Waals surface area (Å²) in [5, 5.41) is 3.30. The first-order valence-corrected chi connectivity index (χ1v) is 19.5. The van der Waals surface area contributed by atoms with Gasteiger partial charge in [-0.2, -0.15) is 0 Å². The van der Waals surface area contributed by atoms with E-state index in [0.717, 1.165) is 36.6 Å². The molecule has 1 aromatic heterocycles. The van der Waals surface area contributed by atoms with Gasteiger partial charge in [-0.15, -0.1) is 0 Å². The van der Waals surface area contributed by atoms with Crippen LogP contribution >= 0.6 is 0 Å². The maximum Gasteiger partial charge on any atom is 0.204 e. The Labute approximate surface area is 308 Å². The van der Waals surface area contributed by atoms with Crippen LogP contribution in [0.15, 0.2) is 85.6 Å². The van der Waals surface area contributed by atoms with Crippen molar-refractivity contribution in [2.24, 2.45) is 11.3 Å². The first-order chi connectivity index (χ1) is 25.2. The minimum absolute atomic E-state index is 0.180. The first-order valence-electron chi connectivity index (χ1n) is 19.5. The highest BCUT2D eigenvalue weighted by Gasteiger charge is 2.73. The van der Waals surface area contributed by atoms with Gasteiger partial charge in [0.05, 0.1) is 6.04 Å². The standard InChI is InChI=1S/C44H54F2N6/c1-6-32-15-24-50(25-16-32)22-9-17-44(28-43(44)18-19-43)34-13-11-33(12-14-34)35-26-37(45)36-27-52(31(5)39(36)40(35)46)41(30(4)49-42-47-20-21-48-42)29(3)38-10-8-23-51(38)7-2/h7,11-14,20-21,26,32,41H,2,4-6,8-10,15-19,22-25,27-28H2,1,3H3,(H2,47,48,49)/b38-29+. The molecule has 2 unspecified atom stereocenters. The second-order valence-electron chi connectivity index (χ2n) is 16.2. The highest BCUT2D eigenvalue weighted by molar-refractivity contribution is 5.78. The van der Waals surface area contributed by atoms with Crippen molar-refractivity contribution in [3.05, 3.63) is 114 Å². The minimum Gasteiger partial charge on any atom is -0.355 e. The largest absolute Gasteiger partial charge is 0.355 e. The molecule has 274 valence electrons. The Morgan fingerprint density at radius 1 is 1.15 bits per heavy atom. The van der Waals surface area contributed by atoms with Crippen molar-refractivity contribution < 1.29 is 8.78 Å². The van der Waals surface area contributed by atoms with Crippen LogP contribution in [0.1, 0.15) is 94.7 Å². The molecule has 0 amide bonds. The maximum absolute atomic E-state index is 16.8. The van der Waals surface area contributed by atoms with E-state index in [4.69, 9.17) is 0 Å². The van der Waals surface area contributed by atoms with Crippen molar-refractivity contribution in [2.45, 2.75) is 96.1 Å². The lowest BCUT2D eigenvalue weighted by Gasteiger charge is -2.35. The second-order valence-corrected chi connectivity index (χ2v) is 16.2. The predicted octanol–water partition coefficient (Wildman–Crippen LogP) is 9.97. The Morgan fingerprint density at radius 2 is 1.92 bits per heavy atom. The van der Waals surface area contributed by atoms with Crippen LogP contribution < -0.4 is 5.32 Å². The smallest absolute Gasteiger partial charge is 0.204 e. The predicted molar refractivity (Wildman–Crippen MR) is 207 cm³/mol. The monoisotopic (exact) mass is 704 g/mol. The summed E-state index contributed by atoms with van der Waals surface area (Å²) in [6, 6.07) is 9.38. The number of allylic oxidation sites excluding steroid dienone is 1. The van der Waals surface area contributed by atoms with Gasteiger partial charge in [-0.1, -0.05) is 57.3 Å². The number of benzene rings is 2. The molecule has 2 saturated carbocycles. The quantitative estimate of drug-likeness (QED) is 0.186. The second kappa shape index (κ2) is 13.7. The number of fused-ring (bicyclic) bond motifs is 1. The third kappa shape index (κ3) is 6.01. The fourth-order valence-electron chi connectivity index (χ4n) is 10.1. The van der Waals surface area contributed by atoms with Crippen molar-refractivity contribution in [1.82, 2.24) is 24.7 Å². The molecule has 2 aromatic carbocycles. The molecule has 6 nitrogen and oxygen atoms in total. The topological polar surface area (TPSA) is 50.4 Å². The molecule has 0 bridgehead atoms. The molecule has 0 radical (unpaired) electrons. The number of rotatable bonds is 13. The Hall–Kier alpha value is -4.17. The average molecular weight is 705 g/mol. The van der Waals surface area contributed by atoms with Gasteiger partial charge in [-0.05, 0) is 125 Å². The van der Waals surface area contributed by atoms with Crippen LogP contribution in [0.25, 0.3) is 16.8 Å². The summed E-state index contributed by atoms with van der Waals surface area (Å²) in [6.07, 6.45) is 17.4. The number of aromatic nitrogens is 2. The zero-order valence-electron chi connectivity index (χ0n) is 31.0. The Balaban J connectivity index is 1.04. The van der Waals surface area contributed by atoms with Gasteiger partial charge >= 0.3 is 0 Å². The first kappa shape index (κ1) is 34.9. The van der Waals surface area contributed by atoms with Crippen LogP contribution in [0.3, 0.4) is 0 Å². The summed E-state index contributed by atoms with van der Waals surface area (Å²) in [4.78, 5) is 14.2. The molecule has 4 heterocycles. The molecule has 2 atom stereocenters. The highest BCUT2D eigenvalue weighted by atomic mass is 19.1. The molecule has 1 spiro atoms.